The Morgan fingerprint density at radius 2 is 1.40 bits per heavy atom. The van der Waals surface area contributed by atoms with E-state index in [0.29, 0.717) is 5.92 Å². The van der Waals surface area contributed by atoms with Crippen molar-refractivity contribution >= 4 is 24.5 Å². The second-order valence-electron chi connectivity index (χ2n) is 12.2. The molecule has 2 unspecified atom stereocenters. The van der Waals surface area contributed by atoms with Gasteiger partial charge in [-0.05, 0) is 61.9 Å². The Hall–Kier alpha value is -2.37. The molecule has 0 aliphatic heterocycles. The van der Waals surface area contributed by atoms with Crippen LogP contribution in [0.4, 0.5) is 5.82 Å². The van der Waals surface area contributed by atoms with E-state index in [1.54, 1.807) is 0 Å². The van der Waals surface area contributed by atoms with Crippen LogP contribution in [-0.4, -0.2) is 24.2 Å². The third kappa shape index (κ3) is 5.26. The van der Waals surface area contributed by atoms with E-state index >= 15 is 0 Å². The van der Waals surface area contributed by atoms with E-state index in [2.05, 4.69) is 108 Å². The molecule has 2 aromatic carbocycles. The van der Waals surface area contributed by atoms with Gasteiger partial charge < -0.3 is 10.2 Å². The van der Waals surface area contributed by atoms with Crippen molar-refractivity contribution in [1.29, 1.82) is 0 Å². The van der Waals surface area contributed by atoms with Crippen LogP contribution in [0.15, 0.2) is 66.7 Å². The van der Waals surface area contributed by atoms with Gasteiger partial charge in [0.05, 0.1) is 11.2 Å². The number of nitrogen functional groups attached to an aromatic ring is 1. The molecule has 0 saturated heterocycles. The molecular weight excluding hydrogens is 446 g/mol. The van der Waals surface area contributed by atoms with Crippen LogP contribution in [0, 0.1) is 0 Å². The second-order valence-corrected chi connectivity index (χ2v) is 16.4. The van der Waals surface area contributed by atoms with Gasteiger partial charge in [0.1, 0.15) is 5.82 Å². The molecule has 3 aromatic rings. The third-order valence-corrected chi connectivity index (χ3v) is 12.6. The first-order valence-corrected chi connectivity index (χ1v) is 15.1. The van der Waals surface area contributed by atoms with Crippen molar-refractivity contribution in [1.82, 2.24) is 9.78 Å². The predicted octanol–water partition coefficient (Wildman–Crippen LogP) is 6.21. The zero-order chi connectivity index (χ0) is 25.3. The highest BCUT2D eigenvalue weighted by Crippen LogP contribution is 2.40. The topological polar surface area (TPSA) is 53.1 Å². The van der Waals surface area contributed by atoms with Gasteiger partial charge in [-0.3, -0.25) is 0 Å². The molecule has 1 aromatic heterocycles. The molecule has 4 nitrogen and oxygen atoms in total. The number of hydrogen-bond acceptors (Lipinski definition) is 3. The first kappa shape index (κ1) is 25.7. The third-order valence-electron chi connectivity index (χ3n) is 7.49. The molecule has 35 heavy (non-hydrogen) atoms. The first-order chi connectivity index (χ1) is 16.5. The highest BCUT2D eigenvalue weighted by molar-refractivity contribution is 6.99. The lowest BCUT2D eigenvalue weighted by molar-refractivity contribution is 0.169. The van der Waals surface area contributed by atoms with Gasteiger partial charge in [-0.2, -0.15) is 5.10 Å². The summed E-state index contributed by atoms with van der Waals surface area (Å²) in [6, 6.07) is 24.1. The van der Waals surface area contributed by atoms with Crippen molar-refractivity contribution in [2.45, 2.75) is 96.2 Å². The van der Waals surface area contributed by atoms with Crippen LogP contribution < -0.4 is 16.1 Å². The SMILES string of the molecule is CC(C)(C)n1nc(C2CCCC(O[Si](c3ccccc3)(c3ccccc3)C(C)(C)C)CC2)cc1N. The van der Waals surface area contributed by atoms with Crippen molar-refractivity contribution in [3.8, 4) is 0 Å². The monoisotopic (exact) mass is 489 g/mol. The van der Waals surface area contributed by atoms with Crippen molar-refractivity contribution < 1.29 is 4.43 Å². The minimum absolute atomic E-state index is 0.00134. The molecule has 1 aliphatic carbocycles. The minimum atomic E-state index is -2.53. The van der Waals surface area contributed by atoms with Gasteiger partial charge in [0.15, 0.2) is 0 Å². The van der Waals surface area contributed by atoms with E-state index in [1.165, 1.54) is 10.4 Å². The molecule has 5 heteroatoms. The average molecular weight is 490 g/mol. The number of hydrogen-bond donors (Lipinski definition) is 1. The molecule has 1 fully saturated rings. The summed E-state index contributed by atoms with van der Waals surface area (Å²) in [4.78, 5) is 0. The Balaban J connectivity index is 1.63. The van der Waals surface area contributed by atoms with E-state index in [4.69, 9.17) is 15.3 Å². The van der Waals surface area contributed by atoms with Gasteiger partial charge >= 0.3 is 0 Å². The van der Waals surface area contributed by atoms with Gasteiger partial charge in [-0.15, -0.1) is 0 Å². The number of nitrogens with zero attached hydrogens (tertiary/aromatic N) is 2. The van der Waals surface area contributed by atoms with E-state index in [9.17, 15) is 0 Å². The molecule has 2 N–H and O–H groups in total. The van der Waals surface area contributed by atoms with Crippen LogP contribution in [0.5, 0.6) is 0 Å². The molecular formula is C30H43N3OSi. The normalized spacial score (nSPS) is 19.9. The van der Waals surface area contributed by atoms with Crippen LogP contribution in [0.25, 0.3) is 0 Å². The largest absolute Gasteiger partial charge is 0.404 e. The van der Waals surface area contributed by atoms with Gasteiger partial charge in [-0.1, -0.05) is 87.9 Å². The standard InChI is InChI=1S/C30H43N3OSi/c1-29(2,3)33-28(31)22-27(32-33)23-14-13-15-24(21-20-23)34-35(30(4,5)6,25-16-9-7-10-17-25)26-18-11-8-12-19-26/h7-12,16-19,22-24H,13-15,20-21,31H2,1-6H3. The summed E-state index contributed by atoms with van der Waals surface area (Å²) in [5, 5.41) is 7.66. The smallest absolute Gasteiger partial charge is 0.261 e. The molecule has 0 bridgehead atoms. The Labute approximate surface area is 213 Å². The highest BCUT2D eigenvalue weighted by Gasteiger charge is 2.51. The van der Waals surface area contributed by atoms with Gasteiger partial charge in [0.25, 0.3) is 8.32 Å². The van der Waals surface area contributed by atoms with Crippen LogP contribution in [-0.2, 0) is 9.96 Å². The van der Waals surface area contributed by atoms with Gasteiger partial charge in [0, 0.05) is 18.1 Å². The maximum Gasteiger partial charge on any atom is 0.261 e. The fraction of sp³-hybridized carbons (Fsp3) is 0.500. The molecule has 1 heterocycles. The lowest BCUT2D eigenvalue weighted by Gasteiger charge is -2.45. The lowest BCUT2D eigenvalue weighted by atomic mass is 9.97. The highest BCUT2D eigenvalue weighted by atomic mass is 28.4. The zero-order valence-electron chi connectivity index (χ0n) is 22.4. The fourth-order valence-electron chi connectivity index (χ4n) is 5.77. The summed E-state index contributed by atoms with van der Waals surface area (Å²) in [5.74, 6) is 1.20. The number of nitrogens with two attached hydrogens (primary N) is 1. The van der Waals surface area contributed by atoms with Crippen molar-refractivity contribution in [2.24, 2.45) is 0 Å². The average Bonchev–Trinajstić information content (AvgIpc) is 3.06. The summed E-state index contributed by atoms with van der Waals surface area (Å²) in [6.45, 7) is 13.5. The number of benzene rings is 2. The van der Waals surface area contributed by atoms with Gasteiger partial charge in [0.2, 0.25) is 0 Å². The summed E-state index contributed by atoms with van der Waals surface area (Å²) in [7, 11) is -2.53. The summed E-state index contributed by atoms with van der Waals surface area (Å²) < 4.78 is 9.43. The maximum atomic E-state index is 7.45. The molecule has 1 saturated carbocycles. The van der Waals surface area contributed by atoms with E-state index < -0.39 is 8.32 Å². The van der Waals surface area contributed by atoms with Crippen LogP contribution >= 0.6 is 0 Å². The van der Waals surface area contributed by atoms with Crippen molar-refractivity contribution in [2.75, 3.05) is 5.73 Å². The predicted molar refractivity (Wildman–Crippen MR) is 150 cm³/mol. The molecule has 2 atom stereocenters. The summed E-state index contributed by atoms with van der Waals surface area (Å²) in [6.07, 6.45) is 5.77. The summed E-state index contributed by atoms with van der Waals surface area (Å²) >= 11 is 0. The Bertz CT molecular complexity index is 1060. The van der Waals surface area contributed by atoms with Gasteiger partial charge in [-0.25, -0.2) is 4.68 Å². The number of aromatic nitrogens is 2. The van der Waals surface area contributed by atoms with Crippen molar-refractivity contribution in [3.05, 3.63) is 72.4 Å². The molecule has 0 radical (unpaired) electrons. The molecule has 1 aliphatic rings. The molecule has 4 rings (SSSR count). The first-order valence-electron chi connectivity index (χ1n) is 13.2. The Morgan fingerprint density at radius 3 is 1.89 bits per heavy atom. The Morgan fingerprint density at radius 1 is 0.829 bits per heavy atom. The number of rotatable bonds is 5. The molecule has 188 valence electrons. The minimum Gasteiger partial charge on any atom is -0.404 e. The number of anilines is 1. The Kier molecular flexibility index (Phi) is 7.30. The quantitative estimate of drug-likeness (QED) is 0.342. The van der Waals surface area contributed by atoms with E-state index in [0.717, 1.165) is 43.6 Å². The fourth-order valence-corrected chi connectivity index (χ4v) is 10.5. The van der Waals surface area contributed by atoms with Crippen LogP contribution in [0.3, 0.4) is 0 Å². The molecule has 0 spiro atoms. The van der Waals surface area contributed by atoms with Crippen LogP contribution in [0.2, 0.25) is 5.04 Å². The zero-order valence-corrected chi connectivity index (χ0v) is 23.4. The van der Waals surface area contributed by atoms with Crippen molar-refractivity contribution in [3.63, 3.8) is 0 Å². The lowest BCUT2D eigenvalue weighted by Crippen LogP contribution is -2.67. The molecule has 0 amide bonds. The maximum absolute atomic E-state index is 7.45. The second kappa shape index (κ2) is 9.94. The van der Waals surface area contributed by atoms with E-state index in [1.807, 2.05) is 4.68 Å². The summed E-state index contributed by atoms with van der Waals surface area (Å²) in [5.41, 5.74) is 7.37. The van der Waals surface area contributed by atoms with Crippen LogP contribution in [0.1, 0.15) is 85.3 Å². The van der Waals surface area contributed by atoms with E-state index in [-0.39, 0.29) is 16.7 Å².